The van der Waals surface area contributed by atoms with Crippen molar-refractivity contribution in [3.8, 4) is 0 Å². The average molecular weight is 179 g/mol. The summed E-state index contributed by atoms with van der Waals surface area (Å²) in [5, 5.41) is 3.47. The second kappa shape index (κ2) is 3.14. The van der Waals surface area contributed by atoms with Crippen molar-refractivity contribution in [3.63, 3.8) is 0 Å². The van der Waals surface area contributed by atoms with Gasteiger partial charge in [0, 0.05) is 26.3 Å². The van der Waals surface area contributed by atoms with Gasteiger partial charge in [0.1, 0.15) is 0 Å². The fourth-order valence-electron chi connectivity index (χ4n) is 1.44. The normalized spacial score (nSPS) is 18.9. The number of hydrogen-bond donors (Lipinski definition) is 1. The molecule has 1 heterocycles. The molecule has 0 spiro atoms. The van der Waals surface area contributed by atoms with Gasteiger partial charge in [-0.2, -0.15) is 0 Å². The van der Waals surface area contributed by atoms with Gasteiger partial charge in [0.05, 0.1) is 12.0 Å². The summed E-state index contributed by atoms with van der Waals surface area (Å²) < 4.78 is 2.06. The lowest BCUT2D eigenvalue weighted by Crippen LogP contribution is -2.22. The molecule has 0 atom stereocenters. The van der Waals surface area contributed by atoms with Crippen LogP contribution in [-0.4, -0.2) is 16.1 Å². The van der Waals surface area contributed by atoms with Gasteiger partial charge in [-0.3, -0.25) is 0 Å². The minimum Gasteiger partial charge on any atom is -0.337 e. The van der Waals surface area contributed by atoms with Gasteiger partial charge in [-0.05, 0) is 18.3 Å². The Labute approximate surface area is 79.2 Å². The van der Waals surface area contributed by atoms with Gasteiger partial charge in [0.2, 0.25) is 0 Å². The minimum atomic E-state index is 0.596. The Balaban J connectivity index is 1.77. The summed E-state index contributed by atoms with van der Waals surface area (Å²) in [5.41, 5.74) is 1.85. The third-order valence-corrected chi connectivity index (χ3v) is 2.88. The lowest BCUT2D eigenvalue weighted by molar-refractivity contribution is 0.493. The van der Waals surface area contributed by atoms with E-state index in [1.165, 1.54) is 18.5 Å². The van der Waals surface area contributed by atoms with E-state index < -0.39 is 0 Å². The van der Waals surface area contributed by atoms with Crippen molar-refractivity contribution in [3.05, 3.63) is 18.2 Å². The van der Waals surface area contributed by atoms with Crippen molar-refractivity contribution < 1.29 is 0 Å². The number of aromatic nitrogens is 2. The number of aryl methyl sites for hydroxylation is 1. The van der Waals surface area contributed by atoms with E-state index in [1.54, 1.807) is 0 Å². The monoisotopic (exact) mass is 179 g/mol. The summed E-state index contributed by atoms with van der Waals surface area (Å²) >= 11 is 0. The average Bonchev–Trinajstić information content (AvgIpc) is 2.68. The highest BCUT2D eigenvalue weighted by Crippen LogP contribution is 2.44. The highest BCUT2D eigenvalue weighted by atomic mass is 15.0. The number of nitrogens with zero attached hydrogens (tertiary/aromatic N) is 2. The SMILES string of the molecule is Cn1cncc1CNCC1(C)CC1. The minimum absolute atomic E-state index is 0.596. The highest BCUT2D eigenvalue weighted by molar-refractivity contribution is 4.98. The van der Waals surface area contributed by atoms with E-state index >= 15 is 0 Å². The van der Waals surface area contributed by atoms with Crippen molar-refractivity contribution >= 4 is 0 Å². The molecule has 0 aliphatic heterocycles. The summed E-state index contributed by atoms with van der Waals surface area (Å²) in [4.78, 5) is 4.08. The van der Waals surface area contributed by atoms with Crippen molar-refractivity contribution in [1.82, 2.24) is 14.9 Å². The zero-order valence-corrected chi connectivity index (χ0v) is 8.38. The van der Waals surface area contributed by atoms with Gasteiger partial charge >= 0.3 is 0 Å². The maximum atomic E-state index is 4.08. The van der Waals surface area contributed by atoms with Crippen LogP contribution in [0, 0.1) is 5.41 Å². The molecule has 0 bridgehead atoms. The van der Waals surface area contributed by atoms with Gasteiger partial charge in [0.15, 0.2) is 0 Å². The number of hydrogen-bond acceptors (Lipinski definition) is 2. The molecule has 0 amide bonds. The molecule has 1 saturated carbocycles. The van der Waals surface area contributed by atoms with Crippen LogP contribution in [0.4, 0.5) is 0 Å². The largest absolute Gasteiger partial charge is 0.337 e. The topological polar surface area (TPSA) is 29.9 Å². The molecule has 3 nitrogen and oxygen atoms in total. The molecule has 2 rings (SSSR count). The lowest BCUT2D eigenvalue weighted by atomic mass is 10.1. The summed E-state index contributed by atoms with van der Waals surface area (Å²) in [6.07, 6.45) is 6.52. The van der Waals surface area contributed by atoms with Crippen molar-refractivity contribution in [2.45, 2.75) is 26.3 Å². The molecular weight excluding hydrogens is 162 g/mol. The Hall–Kier alpha value is -0.830. The maximum absolute atomic E-state index is 4.08. The van der Waals surface area contributed by atoms with Crippen molar-refractivity contribution in [1.29, 1.82) is 0 Å². The standard InChI is InChI=1S/C10H17N3/c1-10(3-4-10)7-11-5-9-6-12-8-13(9)2/h6,8,11H,3-5,7H2,1-2H3. The van der Waals surface area contributed by atoms with Crippen molar-refractivity contribution in [2.75, 3.05) is 6.54 Å². The highest BCUT2D eigenvalue weighted by Gasteiger charge is 2.36. The van der Waals surface area contributed by atoms with E-state index in [1.807, 2.05) is 19.6 Å². The smallest absolute Gasteiger partial charge is 0.0945 e. The molecule has 0 unspecified atom stereocenters. The van der Waals surface area contributed by atoms with E-state index in [4.69, 9.17) is 0 Å². The molecule has 1 aromatic rings. The van der Waals surface area contributed by atoms with Crippen molar-refractivity contribution in [2.24, 2.45) is 12.5 Å². The maximum Gasteiger partial charge on any atom is 0.0945 e. The number of rotatable bonds is 4. The van der Waals surface area contributed by atoms with Crippen LogP contribution in [0.5, 0.6) is 0 Å². The predicted octanol–water partition coefficient (Wildman–Crippen LogP) is 1.31. The van der Waals surface area contributed by atoms with Crippen LogP contribution in [-0.2, 0) is 13.6 Å². The van der Waals surface area contributed by atoms with Crippen LogP contribution < -0.4 is 5.32 Å². The first-order valence-corrected chi connectivity index (χ1v) is 4.86. The molecule has 13 heavy (non-hydrogen) atoms. The second-order valence-electron chi connectivity index (χ2n) is 4.41. The predicted molar refractivity (Wildman–Crippen MR) is 52.3 cm³/mol. The van der Waals surface area contributed by atoms with Crippen LogP contribution >= 0.6 is 0 Å². The first-order valence-electron chi connectivity index (χ1n) is 4.86. The number of nitrogens with one attached hydrogen (secondary N) is 1. The van der Waals surface area contributed by atoms with Crippen LogP contribution in [0.15, 0.2) is 12.5 Å². The van der Waals surface area contributed by atoms with Gasteiger partial charge in [-0.25, -0.2) is 4.98 Å². The zero-order valence-electron chi connectivity index (χ0n) is 8.38. The van der Waals surface area contributed by atoms with Gasteiger partial charge in [-0.1, -0.05) is 6.92 Å². The van der Waals surface area contributed by atoms with Gasteiger partial charge in [0.25, 0.3) is 0 Å². The Kier molecular flexibility index (Phi) is 2.12. The summed E-state index contributed by atoms with van der Waals surface area (Å²) in [6, 6.07) is 0. The van der Waals surface area contributed by atoms with Gasteiger partial charge < -0.3 is 9.88 Å². The van der Waals surface area contributed by atoms with Gasteiger partial charge in [-0.15, -0.1) is 0 Å². The number of imidazole rings is 1. The molecule has 3 heteroatoms. The first kappa shape index (κ1) is 8.75. The van der Waals surface area contributed by atoms with E-state index in [9.17, 15) is 0 Å². The fourth-order valence-corrected chi connectivity index (χ4v) is 1.44. The molecule has 72 valence electrons. The second-order valence-corrected chi connectivity index (χ2v) is 4.41. The molecule has 1 aliphatic rings. The molecule has 1 N–H and O–H groups in total. The molecule has 0 aromatic carbocycles. The third kappa shape index (κ3) is 2.10. The molecule has 1 fully saturated rings. The van der Waals surface area contributed by atoms with E-state index in [-0.39, 0.29) is 0 Å². The summed E-state index contributed by atoms with van der Waals surface area (Å²) in [6.45, 7) is 4.41. The summed E-state index contributed by atoms with van der Waals surface area (Å²) in [7, 11) is 2.03. The van der Waals surface area contributed by atoms with Crippen LogP contribution in [0.2, 0.25) is 0 Å². The molecule has 1 aliphatic carbocycles. The zero-order chi connectivity index (χ0) is 9.31. The Morgan fingerprint density at radius 1 is 1.62 bits per heavy atom. The van der Waals surface area contributed by atoms with E-state index in [2.05, 4.69) is 21.8 Å². The lowest BCUT2D eigenvalue weighted by Gasteiger charge is -2.09. The summed E-state index contributed by atoms with van der Waals surface area (Å²) in [5.74, 6) is 0. The Morgan fingerprint density at radius 2 is 2.38 bits per heavy atom. The molecular formula is C10H17N3. The van der Waals surface area contributed by atoms with Crippen LogP contribution in [0.3, 0.4) is 0 Å². The van der Waals surface area contributed by atoms with E-state index in [0.29, 0.717) is 5.41 Å². The fraction of sp³-hybridized carbons (Fsp3) is 0.700. The van der Waals surface area contributed by atoms with Crippen LogP contribution in [0.1, 0.15) is 25.5 Å². The Bertz CT molecular complexity index is 286. The molecule has 1 aromatic heterocycles. The quantitative estimate of drug-likeness (QED) is 0.755. The molecule has 0 saturated heterocycles. The van der Waals surface area contributed by atoms with E-state index in [0.717, 1.165) is 13.1 Å². The first-order chi connectivity index (χ1) is 6.20. The molecule has 0 radical (unpaired) electrons. The Morgan fingerprint density at radius 3 is 2.92 bits per heavy atom. The third-order valence-electron chi connectivity index (χ3n) is 2.88. The van der Waals surface area contributed by atoms with Crippen LogP contribution in [0.25, 0.3) is 0 Å².